The zero-order valence-corrected chi connectivity index (χ0v) is 13.3. The number of sulfonamides is 1. The van der Waals surface area contributed by atoms with E-state index in [4.69, 9.17) is 5.73 Å². The van der Waals surface area contributed by atoms with Crippen molar-refractivity contribution in [3.63, 3.8) is 0 Å². The van der Waals surface area contributed by atoms with Gasteiger partial charge < -0.3 is 11.1 Å². The Kier molecular flexibility index (Phi) is 5.49. The molecule has 0 fully saturated rings. The molecule has 4 N–H and O–H groups in total. The normalized spacial score (nSPS) is 11.7. The summed E-state index contributed by atoms with van der Waals surface area (Å²) in [5, 5.41) is 2.51. The maximum Gasteiger partial charge on any atom is 0.244 e. The van der Waals surface area contributed by atoms with Crippen LogP contribution in [0.4, 0.5) is 10.1 Å². The number of hydrogen-bond donors (Lipinski definition) is 3. The molecule has 0 aliphatic heterocycles. The van der Waals surface area contributed by atoms with Crippen molar-refractivity contribution >= 4 is 37.5 Å². The van der Waals surface area contributed by atoms with Crippen LogP contribution in [-0.4, -0.2) is 26.9 Å². The third kappa shape index (κ3) is 4.43. The molecule has 9 heteroatoms. The zero-order chi connectivity index (χ0) is 15.5. The molecular weight excluding hydrogens is 353 g/mol. The minimum Gasteiger partial charge on any atom is -0.399 e. The lowest BCUT2D eigenvalue weighted by molar-refractivity contribution is -0.120. The highest BCUT2D eigenvalue weighted by Gasteiger charge is 2.22. The van der Waals surface area contributed by atoms with Gasteiger partial charge in [-0.15, -0.1) is 0 Å². The number of carbonyl (C=O) groups is 1. The van der Waals surface area contributed by atoms with Crippen LogP contribution in [0, 0.1) is 5.82 Å². The highest BCUT2D eigenvalue weighted by molar-refractivity contribution is 9.10. The van der Waals surface area contributed by atoms with Gasteiger partial charge >= 0.3 is 0 Å². The van der Waals surface area contributed by atoms with Crippen molar-refractivity contribution in [3.05, 3.63) is 22.4 Å². The third-order valence-corrected chi connectivity index (χ3v) is 4.16. The maximum absolute atomic E-state index is 13.8. The standard InChI is InChI=1S/C11H15BrFN3O3S/c1-6(2)16-10(17)5-15-20(18,19)9-4-7(14)3-8(12)11(9)13/h3-4,6,15H,5,14H2,1-2H3,(H,16,17). The Morgan fingerprint density at radius 1 is 1.45 bits per heavy atom. The van der Waals surface area contributed by atoms with Gasteiger partial charge in [0.05, 0.1) is 11.0 Å². The largest absolute Gasteiger partial charge is 0.399 e. The van der Waals surface area contributed by atoms with Crippen LogP contribution >= 0.6 is 15.9 Å². The predicted molar refractivity (Wildman–Crippen MR) is 77.0 cm³/mol. The molecule has 112 valence electrons. The van der Waals surface area contributed by atoms with E-state index in [9.17, 15) is 17.6 Å². The highest BCUT2D eigenvalue weighted by atomic mass is 79.9. The van der Waals surface area contributed by atoms with Gasteiger partial charge in [-0.3, -0.25) is 4.79 Å². The average Bonchev–Trinajstić information content (AvgIpc) is 2.30. The number of carbonyl (C=O) groups excluding carboxylic acids is 1. The second-order valence-corrected chi connectivity index (χ2v) is 6.95. The number of anilines is 1. The Morgan fingerprint density at radius 3 is 2.60 bits per heavy atom. The molecule has 6 nitrogen and oxygen atoms in total. The molecule has 1 aromatic carbocycles. The third-order valence-electron chi connectivity index (χ3n) is 2.18. The lowest BCUT2D eigenvalue weighted by Crippen LogP contribution is -2.40. The molecule has 1 aromatic rings. The van der Waals surface area contributed by atoms with Crippen LogP contribution in [-0.2, 0) is 14.8 Å². The van der Waals surface area contributed by atoms with E-state index < -0.39 is 33.2 Å². The lowest BCUT2D eigenvalue weighted by Gasteiger charge is -2.11. The number of nitrogens with two attached hydrogens (primary N) is 1. The summed E-state index contributed by atoms with van der Waals surface area (Å²) in [5.41, 5.74) is 5.57. The van der Waals surface area contributed by atoms with Crippen molar-refractivity contribution < 1.29 is 17.6 Å². The molecule has 0 aliphatic carbocycles. The summed E-state index contributed by atoms with van der Waals surface area (Å²) in [6.07, 6.45) is 0. The van der Waals surface area contributed by atoms with E-state index in [0.717, 1.165) is 6.07 Å². The first-order valence-electron chi connectivity index (χ1n) is 5.67. The smallest absolute Gasteiger partial charge is 0.244 e. The van der Waals surface area contributed by atoms with Crippen molar-refractivity contribution in [2.45, 2.75) is 24.8 Å². The summed E-state index contributed by atoms with van der Waals surface area (Å²) in [6.45, 7) is 2.99. The van der Waals surface area contributed by atoms with Gasteiger partial charge in [0.25, 0.3) is 0 Å². The van der Waals surface area contributed by atoms with Crippen LogP contribution in [0.3, 0.4) is 0 Å². The fraction of sp³-hybridized carbons (Fsp3) is 0.364. The summed E-state index contributed by atoms with van der Waals surface area (Å²) in [7, 11) is -4.16. The number of halogens is 2. The molecule has 0 saturated carbocycles. The van der Waals surface area contributed by atoms with Gasteiger partial charge in [0.2, 0.25) is 15.9 Å². The quantitative estimate of drug-likeness (QED) is 0.675. The first-order chi connectivity index (χ1) is 9.13. The van der Waals surface area contributed by atoms with Crippen molar-refractivity contribution in [1.82, 2.24) is 10.0 Å². The molecule has 0 spiro atoms. The van der Waals surface area contributed by atoms with Gasteiger partial charge in [0.1, 0.15) is 4.90 Å². The molecule has 1 amide bonds. The maximum atomic E-state index is 13.8. The Labute approximate surface area is 125 Å². The number of amides is 1. The number of benzene rings is 1. The summed E-state index contributed by atoms with van der Waals surface area (Å²) in [5.74, 6) is -1.47. The van der Waals surface area contributed by atoms with E-state index in [1.54, 1.807) is 13.8 Å². The van der Waals surface area contributed by atoms with Gasteiger partial charge in [-0.2, -0.15) is 0 Å². The van der Waals surface area contributed by atoms with E-state index >= 15 is 0 Å². The monoisotopic (exact) mass is 367 g/mol. The van der Waals surface area contributed by atoms with Crippen LogP contribution in [0.1, 0.15) is 13.8 Å². The fourth-order valence-corrected chi connectivity index (χ4v) is 3.11. The SMILES string of the molecule is CC(C)NC(=O)CNS(=O)(=O)c1cc(N)cc(Br)c1F. The van der Waals surface area contributed by atoms with Gasteiger partial charge in [0, 0.05) is 11.7 Å². The zero-order valence-electron chi connectivity index (χ0n) is 10.9. The summed E-state index contributed by atoms with van der Waals surface area (Å²) in [6, 6.07) is 2.12. The van der Waals surface area contributed by atoms with E-state index in [2.05, 4.69) is 21.2 Å². The molecule has 1 rings (SSSR count). The average molecular weight is 368 g/mol. The van der Waals surface area contributed by atoms with Gasteiger partial charge in [-0.05, 0) is 41.9 Å². The Hall–Kier alpha value is -1.19. The number of rotatable bonds is 5. The van der Waals surface area contributed by atoms with Gasteiger partial charge in [-0.25, -0.2) is 17.5 Å². The highest BCUT2D eigenvalue weighted by Crippen LogP contribution is 2.25. The van der Waals surface area contributed by atoms with E-state index in [-0.39, 0.29) is 16.2 Å². The molecule has 20 heavy (non-hydrogen) atoms. The van der Waals surface area contributed by atoms with E-state index in [0.29, 0.717) is 0 Å². The molecular formula is C11H15BrFN3O3S. The first-order valence-corrected chi connectivity index (χ1v) is 7.94. The van der Waals surface area contributed by atoms with Crippen LogP contribution in [0.5, 0.6) is 0 Å². The molecule has 0 saturated heterocycles. The van der Waals surface area contributed by atoms with Crippen LogP contribution < -0.4 is 15.8 Å². The van der Waals surface area contributed by atoms with Crippen LogP contribution in [0.2, 0.25) is 0 Å². The molecule has 0 bridgehead atoms. The summed E-state index contributed by atoms with van der Waals surface area (Å²) in [4.78, 5) is 10.8. The topological polar surface area (TPSA) is 101 Å². The molecule has 0 atom stereocenters. The molecule has 0 radical (unpaired) electrons. The molecule has 0 aliphatic rings. The molecule has 0 heterocycles. The first kappa shape index (κ1) is 16.9. The van der Waals surface area contributed by atoms with Crippen molar-refractivity contribution in [1.29, 1.82) is 0 Å². The minimum atomic E-state index is -4.16. The minimum absolute atomic E-state index is 0.0653. The summed E-state index contributed by atoms with van der Waals surface area (Å²) < 4.78 is 39.6. The van der Waals surface area contributed by atoms with Crippen molar-refractivity contribution in [3.8, 4) is 0 Å². The van der Waals surface area contributed by atoms with Crippen molar-refractivity contribution in [2.24, 2.45) is 0 Å². The van der Waals surface area contributed by atoms with E-state index in [1.165, 1.54) is 6.07 Å². The van der Waals surface area contributed by atoms with Crippen molar-refractivity contribution in [2.75, 3.05) is 12.3 Å². The molecule has 0 unspecified atom stereocenters. The van der Waals surface area contributed by atoms with Crippen LogP contribution in [0.15, 0.2) is 21.5 Å². The van der Waals surface area contributed by atoms with Crippen LogP contribution in [0.25, 0.3) is 0 Å². The number of nitrogen functional groups attached to an aromatic ring is 1. The second kappa shape index (κ2) is 6.51. The van der Waals surface area contributed by atoms with Gasteiger partial charge in [0.15, 0.2) is 5.82 Å². The molecule has 0 aromatic heterocycles. The van der Waals surface area contributed by atoms with Gasteiger partial charge in [-0.1, -0.05) is 0 Å². The fourth-order valence-electron chi connectivity index (χ4n) is 1.39. The predicted octanol–water partition coefficient (Wildman–Crippen LogP) is 0.973. The second-order valence-electron chi connectivity index (χ2n) is 4.36. The number of nitrogens with one attached hydrogen (secondary N) is 2. The van der Waals surface area contributed by atoms with E-state index in [1.807, 2.05) is 4.72 Å². The Morgan fingerprint density at radius 2 is 2.05 bits per heavy atom. The Bertz CT molecular complexity index is 620. The Balaban J connectivity index is 2.93. The number of hydrogen-bond acceptors (Lipinski definition) is 4. The summed E-state index contributed by atoms with van der Waals surface area (Å²) >= 11 is 2.88. The lowest BCUT2D eigenvalue weighted by atomic mass is 10.3.